The van der Waals surface area contributed by atoms with Crippen molar-refractivity contribution in [2.75, 3.05) is 39.3 Å². The van der Waals surface area contributed by atoms with Crippen LogP contribution < -0.4 is 5.32 Å². The normalized spacial score (nSPS) is 21.1. The molecule has 3 rings (SSSR count). The fourth-order valence-corrected chi connectivity index (χ4v) is 4.32. The van der Waals surface area contributed by atoms with E-state index in [1.165, 1.54) is 19.3 Å². The van der Waals surface area contributed by atoms with E-state index in [2.05, 4.69) is 16.3 Å². The Morgan fingerprint density at radius 1 is 1.00 bits per heavy atom. The molecule has 2 heterocycles. The van der Waals surface area contributed by atoms with E-state index in [0.717, 1.165) is 55.7 Å². The summed E-state index contributed by atoms with van der Waals surface area (Å²) in [5.74, 6) is 0.0625. The van der Waals surface area contributed by atoms with Crippen molar-refractivity contribution >= 4 is 11.8 Å². The molecule has 0 spiro atoms. The van der Waals surface area contributed by atoms with Crippen LogP contribution in [0.2, 0.25) is 0 Å². The maximum absolute atomic E-state index is 12.9. The summed E-state index contributed by atoms with van der Waals surface area (Å²) >= 11 is 0. The third-order valence-electron chi connectivity index (χ3n) is 5.72. The van der Waals surface area contributed by atoms with Gasteiger partial charge in [0, 0.05) is 31.7 Å². The average Bonchev–Trinajstić information content (AvgIpc) is 2.67. The van der Waals surface area contributed by atoms with Crippen LogP contribution in [-0.2, 0) is 4.79 Å². The Morgan fingerprint density at radius 2 is 1.70 bits per heavy atom. The molecule has 2 fully saturated rings. The predicted octanol–water partition coefficient (Wildman–Crippen LogP) is 2.76. The number of nitrogens with one attached hydrogen (secondary N) is 1. The van der Waals surface area contributed by atoms with Crippen molar-refractivity contribution in [2.45, 2.75) is 46.0 Å². The van der Waals surface area contributed by atoms with Gasteiger partial charge in [-0.15, -0.1) is 0 Å². The highest BCUT2D eigenvalue weighted by Gasteiger charge is 2.29. The zero-order valence-electron chi connectivity index (χ0n) is 16.8. The van der Waals surface area contributed by atoms with Gasteiger partial charge < -0.3 is 15.1 Å². The van der Waals surface area contributed by atoms with Gasteiger partial charge in [0.05, 0.1) is 5.92 Å². The smallest absolute Gasteiger partial charge is 0.253 e. The fourth-order valence-electron chi connectivity index (χ4n) is 4.32. The summed E-state index contributed by atoms with van der Waals surface area (Å²) < 4.78 is 0. The number of amides is 2. The second kappa shape index (κ2) is 9.36. The first-order valence-corrected chi connectivity index (χ1v) is 10.4. The van der Waals surface area contributed by atoms with Crippen molar-refractivity contribution in [1.29, 1.82) is 0 Å². The highest BCUT2D eigenvalue weighted by atomic mass is 16.2. The van der Waals surface area contributed by atoms with E-state index in [-0.39, 0.29) is 17.7 Å². The summed E-state index contributed by atoms with van der Waals surface area (Å²) in [7, 11) is 0. The minimum atomic E-state index is -0.0880. The molecule has 1 aromatic carbocycles. The third-order valence-corrected chi connectivity index (χ3v) is 5.72. The molecule has 148 valence electrons. The minimum absolute atomic E-state index is 0.0487. The standard InChI is InChI=1S/C22H33N3O2/c1-17-13-18(2)15-20(14-17)22(27)25-11-6-7-19(16-25)21(26)23-8-12-24-9-4-3-5-10-24/h13-15,19H,3-12,16H2,1-2H3,(H,23,26). The lowest BCUT2D eigenvalue weighted by Crippen LogP contribution is -2.46. The van der Waals surface area contributed by atoms with Crippen molar-refractivity contribution in [3.05, 3.63) is 34.9 Å². The van der Waals surface area contributed by atoms with Gasteiger partial charge in [0.2, 0.25) is 5.91 Å². The number of aryl methyl sites for hydroxylation is 2. The molecule has 0 radical (unpaired) electrons. The minimum Gasteiger partial charge on any atom is -0.355 e. The molecule has 0 bridgehead atoms. The number of carbonyl (C=O) groups is 2. The van der Waals surface area contributed by atoms with Gasteiger partial charge in [-0.25, -0.2) is 0 Å². The van der Waals surface area contributed by atoms with Crippen LogP contribution in [0.3, 0.4) is 0 Å². The lowest BCUT2D eigenvalue weighted by molar-refractivity contribution is -0.126. The van der Waals surface area contributed by atoms with Gasteiger partial charge in [0.15, 0.2) is 0 Å². The predicted molar refractivity (Wildman–Crippen MR) is 108 cm³/mol. The Bertz CT molecular complexity index is 647. The largest absolute Gasteiger partial charge is 0.355 e. The maximum atomic E-state index is 12.9. The SMILES string of the molecule is Cc1cc(C)cc(C(=O)N2CCCC(C(=O)NCCN3CCCCC3)C2)c1. The molecule has 1 aromatic rings. The number of benzene rings is 1. The molecule has 1 unspecified atom stereocenters. The second-order valence-electron chi connectivity index (χ2n) is 8.16. The van der Waals surface area contributed by atoms with Gasteiger partial charge in [0.25, 0.3) is 5.91 Å². The van der Waals surface area contributed by atoms with E-state index < -0.39 is 0 Å². The van der Waals surface area contributed by atoms with Gasteiger partial charge in [-0.3, -0.25) is 9.59 Å². The van der Waals surface area contributed by atoms with E-state index in [4.69, 9.17) is 0 Å². The van der Waals surface area contributed by atoms with E-state index in [0.29, 0.717) is 13.1 Å². The lowest BCUT2D eigenvalue weighted by atomic mass is 9.96. The molecule has 2 aliphatic heterocycles. The van der Waals surface area contributed by atoms with Crippen molar-refractivity contribution in [3.8, 4) is 0 Å². The number of piperidine rings is 2. The van der Waals surface area contributed by atoms with Crippen molar-refractivity contribution in [3.63, 3.8) is 0 Å². The van der Waals surface area contributed by atoms with Crippen LogP contribution in [0.1, 0.15) is 53.6 Å². The topological polar surface area (TPSA) is 52.7 Å². The van der Waals surface area contributed by atoms with E-state index in [1.807, 2.05) is 30.9 Å². The maximum Gasteiger partial charge on any atom is 0.253 e. The number of hydrogen-bond donors (Lipinski definition) is 1. The Morgan fingerprint density at radius 3 is 2.41 bits per heavy atom. The number of nitrogens with zero attached hydrogens (tertiary/aromatic N) is 2. The monoisotopic (exact) mass is 371 g/mol. The third kappa shape index (κ3) is 5.55. The average molecular weight is 372 g/mol. The lowest BCUT2D eigenvalue weighted by Gasteiger charge is -2.32. The first-order valence-electron chi connectivity index (χ1n) is 10.4. The number of carbonyl (C=O) groups excluding carboxylic acids is 2. The Balaban J connectivity index is 1.50. The summed E-state index contributed by atoms with van der Waals surface area (Å²) in [5.41, 5.74) is 2.93. The molecule has 2 amide bonds. The first-order chi connectivity index (χ1) is 13.0. The summed E-state index contributed by atoms with van der Waals surface area (Å²) in [5, 5.41) is 3.10. The Hall–Kier alpha value is -1.88. The van der Waals surface area contributed by atoms with Crippen LogP contribution in [-0.4, -0.2) is 60.9 Å². The van der Waals surface area contributed by atoms with Gasteiger partial charge in [0.1, 0.15) is 0 Å². The molecule has 0 aliphatic carbocycles. The summed E-state index contributed by atoms with van der Waals surface area (Å²) in [6, 6.07) is 5.96. The van der Waals surface area contributed by atoms with Crippen molar-refractivity contribution < 1.29 is 9.59 Å². The van der Waals surface area contributed by atoms with Gasteiger partial charge >= 0.3 is 0 Å². The highest BCUT2D eigenvalue weighted by Crippen LogP contribution is 2.20. The summed E-state index contributed by atoms with van der Waals surface area (Å²) in [6.07, 6.45) is 5.63. The molecule has 27 heavy (non-hydrogen) atoms. The van der Waals surface area contributed by atoms with Gasteiger partial charge in [-0.1, -0.05) is 23.6 Å². The molecule has 1 N–H and O–H groups in total. The van der Waals surface area contributed by atoms with Crippen LogP contribution in [0.15, 0.2) is 18.2 Å². The van der Waals surface area contributed by atoms with Crippen molar-refractivity contribution in [2.24, 2.45) is 5.92 Å². The Kier molecular flexibility index (Phi) is 6.89. The summed E-state index contributed by atoms with van der Waals surface area (Å²) in [4.78, 5) is 29.8. The van der Waals surface area contributed by atoms with Crippen LogP contribution >= 0.6 is 0 Å². The molecule has 2 saturated heterocycles. The van der Waals surface area contributed by atoms with Crippen LogP contribution in [0.25, 0.3) is 0 Å². The first kappa shape index (κ1) is 19.9. The number of rotatable bonds is 5. The molecule has 0 saturated carbocycles. The quantitative estimate of drug-likeness (QED) is 0.866. The van der Waals surface area contributed by atoms with E-state index in [1.54, 1.807) is 0 Å². The van der Waals surface area contributed by atoms with Crippen LogP contribution in [0.5, 0.6) is 0 Å². The molecular formula is C22H33N3O2. The zero-order chi connectivity index (χ0) is 19.2. The number of likely N-dealkylation sites (tertiary alicyclic amines) is 2. The molecule has 5 nitrogen and oxygen atoms in total. The molecule has 2 aliphatic rings. The Labute approximate surface area is 163 Å². The van der Waals surface area contributed by atoms with Crippen LogP contribution in [0, 0.1) is 19.8 Å². The second-order valence-corrected chi connectivity index (χ2v) is 8.16. The van der Waals surface area contributed by atoms with E-state index >= 15 is 0 Å². The van der Waals surface area contributed by atoms with Crippen LogP contribution in [0.4, 0.5) is 0 Å². The molecule has 0 aromatic heterocycles. The van der Waals surface area contributed by atoms with Gasteiger partial charge in [-0.2, -0.15) is 0 Å². The number of hydrogen-bond acceptors (Lipinski definition) is 3. The molecular weight excluding hydrogens is 338 g/mol. The van der Waals surface area contributed by atoms with Gasteiger partial charge in [-0.05, 0) is 64.8 Å². The summed E-state index contributed by atoms with van der Waals surface area (Å²) in [6.45, 7) is 9.24. The fraction of sp³-hybridized carbons (Fsp3) is 0.636. The molecule has 5 heteroatoms. The zero-order valence-corrected chi connectivity index (χ0v) is 16.8. The molecule has 1 atom stereocenters. The van der Waals surface area contributed by atoms with E-state index in [9.17, 15) is 9.59 Å². The highest BCUT2D eigenvalue weighted by molar-refractivity contribution is 5.95. The van der Waals surface area contributed by atoms with Crippen molar-refractivity contribution in [1.82, 2.24) is 15.1 Å².